The summed E-state index contributed by atoms with van der Waals surface area (Å²) in [5.41, 5.74) is 1.47. The first-order valence-corrected chi connectivity index (χ1v) is 8.79. The second-order valence-corrected chi connectivity index (χ2v) is 7.24. The van der Waals surface area contributed by atoms with Crippen molar-refractivity contribution in [1.29, 1.82) is 0 Å². The van der Waals surface area contributed by atoms with E-state index in [-0.39, 0.29) is 10.9 Å². The number of hydrogen-bond acceptors (Lipinski definition) is 4. The van der Waals surface area contributed by atoms with Gasteiger partial charge in [-0.1, -0.05) is 50.7 Å². The van der Waals surface area contributed by atoms with Crippen molar-refractivity contribution in [2.24, 2.45) is 0 Å². The van der Waals surface area contributed by atoms with E-state index in [1.807, 2.05) is 0 Å². The number of halogens is 4. The summed E-state index contributed by atoms with van der Waals surface area (Å²) in [6.07, 6.45) is 0. The third kappa shape index (κ3) is 4.76. The highest BCUT2D eigenvalue weighted by atomic mass is 79.9. The monoisotopic (exact) mass is 464 g/mol. The maximum Gasteiger partial charge on any atom is 0.332 e. The van der Waals surface area contributed by atoms with Crippen LogP contribution in [-0.2, 0) is 0 Å². The number of nitrogens with one attached hydrogen (secondary N) is 1. The molecule has 0 saturated carbocycles. The number of benzene rings is 1. The summed E-state index contributed by atoms with van der Waals surface area (Å²) in [5, 5.41) is 18.5. The first-order valence-electron chi connectivity index (χ1n) is 6.86. The van der Waals surface area contributed by atoms with Crippen molar-refractivity contribution < 1.29 is 4.92 Å². The van der Waals surface area contributed by atoms with E-state index in [9.17, 15) is 10.1 Å². The van der Waals surface area contributed by atoms with Gasteiger partial charge in [-0.15, -0.1) is 0 Å². The Labute approximate surface area is 167 Å². The van der Waals surface area contributed by atoms with E-state index >= 15 is 0 Å². The van der Waals surface area contributed by atoms with E-state index in [1.165, 1.54) is 4.68 Å². The van der Waals surface area contributed by atoms with Crippen LogP contribution in [0.4, 0.5) is 5.69 Å². The highest BCUT2D eigenvalue weighted by Crippen LogP contribution is 2.30. The first kappa shape index (κ1) is 19.8. The number of nitro groups is 1. The molecule has 2 aromatic rings. The van der Waals surface area contributed by atoms with E-state index in [4.69, 9.17) is 34.8 Å². The summed E-state index contributed by atoms with van der Waals surface area (Å²) >= 11 is 20.7. The Morgan fingerprint density at radius 3 is 2.28 bits per heavy atom. The summed E-state index contributed by atoms with van der Waals surface area (Å²) in [5.74, 6) is 0.0294. The van der Waals surface area contributed by atoms with Crippen LogP contribution in [-0.4, -0.2) is 14.7 Å². The van der Waals surface area contributed by atoms with Crippen LogP contribution >= 0.6 is 50.7 Å². The van der Waals surface area contributed by atoms with E-state index in [2.05, 4.69) is 26.3 Å². The average Bonchev–Trinajstić information content (AvgIpc) is 2.86. The van der Waals surface area contributed by atoms with Gasteiger partial charge in [-0.2, -0.15) is 5.10 Å². The third-order valence-electron chi connectivity index (χ3n) is 3.11. The molecule has 0 atom stereocenters. The van der Waals surface area contributed by atoms with Crippen LogP contribution in [0.3, 0.4) is 0 Å². The van der Waals surface area contributed by atoms with Gasteiger partial charge < -0.3 is 5.32 Å². The molecule has 1 aromatic carbocycles. The van der Waals surface area contributed by atoms with Crippen LogP contribution in [0.15, 0.2) is 50.0 Å². The Morgan fingerprint density at radius 2 is 1.84 bits per heavy atom. The summed E-state index contributed by atoms with van der Waals surface area (Å²) < 4.78 is 1.84. The molecule has 6 nitrogen and oxygen atoms in total. The molecule has 0 spiro atoms. The Morgan fingerprint density at radius 1 is 1.24 bits per heavy atom. The molecule has 0 aliphatic rings. The van der Waals surface area contributed by atoms with E-state index in [0.717, 1.165) is 4.47 Å². The zero-order valence-electron chi connectivity index (χ0n) is 13.1. The molecule has 0 fully saturated rings. The fourth-order valence-electron chi connectivity index (χ4n) is 2.10. The summed E-state index contributed by atoms with van der Waals surface area (Å²) in [6.45, 7) is 3.54. The highest BCUT2D eigenvalue weighted by molar-refractivity contribution is 9.10. The van der Waals surface area contributed by atoms with Gasteiger partial charge in [0.15, 0.2) is 5.03 Å². The molecule has 0 aliphatic carbocycles. The molecule has 2 rings (SSSR count). The van der Waals surface area contributed by atoms with Crippen LogP contribution in [0.1, 0.15) is 11.4 Å². The lowest BCUT2D eigenvalue weighted by atomic mass is 10.3. The summed E-state index contributed by atoms with van der Waals surface area (Å²) in [6, 6.07) is 8.85. The number of aryl methyl sites for hydroxylation is 2. The molecule has 0 radical (unpaired) electrons. The molecule has 132 valence electrons. The number of nitrogens with zero attached hydrogens (tertiary/aromatic N) is 3. The molecular weight excluding hydrogens is 454 g/mol. The van der Waals surface area contributed by atoms with Gasteiger partial charge in [0.05, 0.1) is 10.6 Å². The molecule has 1 heterocycles. The quantitative estimate of drug-likeness (QED) is 0.350. The molecule has 0 amide bonds. The number of hydrogen-bond donors (Lipinski definition) is 1. The van der Waals surface area contributed by atoms with E-state index < -0.39 is 15.1 Å². The zero-order chi connectivity index (χ0) is 18.7. The molecule has 0 aliphatic heterocycles. The van der Waals surface area contributed by atoms with Gasteiger partial charge in [0.2, 0.25) is 5.82 Å². The minimum atomic E-state index is -0.662. The Balaban J connectivity index is 2.72. The smallest absolute Gasteiger partial charge is 0.332 e. The summed E-state index contributed by atoms with van der Waals surface area (Å²) in [4.78, 5) is 11.0. The van der Waals surface area contributed by atoms with Gasteiger partial charge in [-0.25, -0.2) is 4.68 Å². The van der Waals surface area contributed by atoms with Gasteiger partial charge in [-0.05, 0) is 44.2 Å². The van der Waals surface area contributed by atoms with Crippen molar-refractivity contribution in [3.8, 4) is 0 Å². The first-order chi connectivity index (χ1) is 11.7. The zero-order valence-corrected chi connectivity index (χ0v) is 16.9. The number of aromatic nitrogens is 2. The molecule has 1 N–H and O–H groups in total. The van der Waals surface area contributed by atoms with Gasteiger partial charge in [0.25, 0.3) is 0 Å². The van der Waals surface area contributed by atoms with Gasteiger partial charge in [0, 0.05) is 15.9 Å². The molecular formula is C15H12BrCl3N4O2. The SMILES string of the molecule is Cc1cc(C)n(/C(Nc2ccc(Br)cc2)=C(\C(Cl)=C(Cl)Cl)[N+](=O)[O-])n1. The second-order valence-electron chi connectivity index (χ2n) is 5.00. The van der Waals surface area contributed by atoms with Crippen LogP contribution in [0, 0.1) is 24.0 Å². The van der Waals surface area contributed by atoms with Crippen molar-refractivity contribution in [1.82, 2.24) is 9.78 Å². The lowest BCUT2D eigenvalue weighted by molar-refractivity contribution is -0.419. The minimum Gasteiger partial charge on any atom is -0.334 e. The van der Waals surface area contributed by atoms with Gasteiger partial charge in [0.1, 0.15) is 4.49 Å². The standard InChI is InChI=1S/C15H12BrCl3N4O2/c1-8-7-9(2)22(21-8)15(13(23(24)25)12(17)14(18)19)20-11-5-3-10(16)4-6-11/h3-7,20H,1-2H3/b15-13+. The van der Waals surface area contributed by atoms with Crippen molar-refractivity contribution in [3.63, 3.8) is 0 Å². The fraction of sp³-hybridized carbons (Fsp3) is 0.133. The van der Waals surface area contributed by atoms with Gasteiger partial charge >= 0.3 is 5.70 Å². The molecule has 1 aromatic heterocycles. The molecule has 0 saturated heterocycles. The van der Waals surface area contributed by atoms with Crippen molar-refractivity contribution in [2.45, 2.75) is 13.8 Å². The average molecular weight is 467 g/mol. The van der Waals surface area contributed by atoms with E-state index in [0.29, 0.717) is 17.1 Å². The van der Waals surface area contributed by atoms with Crippen LogP contribution in [0.25, 0.3) is 5.82 Å². The second kappa shape index (κ2) is 8.23. The van der Waals surface area contributed by atoms with Crippen LogP contribution in [0.5, 0.6) is 0 Å². The maximum atomic E-state index is 11.6. The predicted molar refractivity (Wildman–Crippen MR) is 104 cm³/mol. The molecule has 0 bridgehead atoms. The van der Waals surface area contributed by atoms with Gasteiger partial charge in [-0.3, -0.25) is 10.1 Å². The van der Waals surface area contributed by atoms with Crippen LogP contribution < -0.4 is 5.32 Å². The van der Waals surface area contributed by atoms with E-state index in [1.54, 1.807) is 44.2 Å². The topological polar surface area (TPSA) is 73.0 Å². The summed E-state index contributed by atoms with van der Waals surface area (Å²) in [7, 11) is 0. The lowest BCUT2D eigenvalue weighted by Gasteiger charge is -2.14. The maximum absolute atomic E-state index is 11.6. The Kier molecular flexibility index (Phi) is 6.51. The Hall–Kier alpha value is -1.54. The highest BCUT2D eigenvalue weighted by Gasteiger charge is 2.28. The molecule has 10 heteroatoms. The predicted octanol–water partition coefficient (Wildman–Crippen LogP) is 5.66. The number of rotatable bonds is 5. The fourth-order valence-corrected chi connectivity index (χ4v) is 2.70. The third-order valence-corrected chi connectivity index (χ3v) is 4.58. The molecule has 25 heavy (non-hydrogen) atoms. The molecule has 0 unspecified atom stereocenters. The van der Waals surface area contributed by atoms with Crippen molar-refractivity contribution in [3.05, 3.63) is 71.5 Å². The number of allylic oxidation sites excluding steroid dienone is 1. The van der Waals surface area contributed by atoms with Crippen LogP contribution in [0.2, 0.25) is 0 Å². The lowest BCUT2D eigenvalue weighted by Crippen LogP contribution is -2.17. The largest absolute Gasteiger partial charge is 0.334 e. The Bertz CT molecular complexity index is 871. The van der Waals surface area contributed by atoms with Crippen molar-refractivity contribution >= 4 is 62.2 Å². The number of anilines is 1. The minimum absolute atomic E-state index is 0.0294. The van der Waals surface area contributed by atoms with Crippen molar-refractivity contribution in [2.75, 3.05) is 5.32 Å². The normalized spacial score (nSPS) is 11.8.